The maximum Gasteiger partial charge on any atom is 0.321 e. The Labute approximate surface area is 187 Å². The number of rotatable bonds is 8. The second-order valence-electron chi connectivity index (χ2n) is 7.60. The fourth-order valence-corrected chi connectivity index (χ4v) is 4.61. The maximum atomic E-state index is 13.0. The van der Waals surface area contributed by atoms with Gasteiger partial charge in [0.15, 0.2) is 0 Å². The fraction of sp³-hybridized carbons (Fsp3) is 0.364. The predicted octanol–water partition coefficient (Wildman–Crippen LogP) is 3.49. The van der Waals surface area contributed by atoms with Crippen molar-refractivity contribution >= 4 is 33.3 Å². The molecule has 0 saturated carbocycles. The van der Waals surface area contributed by atoms with Crippen LogP contribution in [0.1, 0.15) is 25.7 Å². The number of anilines is 2. The van der Waals surface area contributed by atoms with Gasteiger partial charge in [0.25, 0.3) is 0 Å². The van der Waals surface area contributed by atoms with Crippen molar-refractivity contribution in [3.05, 3.63) is 54.3 Å². The van der Waals surface area contributed by atoms with E-state index in [4.69, 9.17) is 0 Å². The van der Waals surface area contributed by atoms with Crippen molar-refractivity contribution in [2.45, 2.75) is 30.6 Å². The molecule has 0 aliphatic carbocycles. The number of hydrogen-bond donors (Lipinski definition) is 2. The Morgan fingerprint density at radius 1 is 1.00 bits per heavy atom. The van der Waals surface area contributed by atoms with E-state index >= 15 is 0 Å². The Morgan fingerprint density at radius 2 is 1.59 bits per heavy atom. The molecular weight excluding hydrogens is 435 g/mol. The lowest BCUT2D eigenvalue weighted by Crippen LogP contribution is -2.32. The second-order valence-corrected chi connectivity index (χ2v) is 9.65. The number of hydrogen-bond acceptors (Lipinski definition) is 4. The third-order valence-electron chi connectivity index (χ3n) is 5.23. The molecule has 2 N–H and O–H groups in total. The SMILES string of the molecule is CN(CCCC(=O)Nc1ccccc1NC(=O)N1CCCC1)S(=O)(=O)c1ccc(F)cc1. The van der Waals surface area contributed by atoms with E-state index in [-0.39, 0.29) is 29.8 Å². The molecule has 1 fully saturated rings. The van der Waals surface area contributed by atoms with Gasteiger partial charge in [-0.25, -0.2) is 21.9 Å². The van der Waals surface area contributed by atoms with Crippen LogP contribution in [0.15, 0.2) is 53.4 Å². The van der Waals surface area contributed by atoms with Gasteiger partial charge in [-0.3, -0.25) is 4.79 Å². The molecule has 3 rings (SSSR count). The summed E-state index contributed by atoms with van der Waals surface area (Å²) < 4.78 is 39.2. The Bertz CT molecular complexity index is 1050. The van der Waals surface area contributed by atoms with Crippen LogP contribution in [0.2, 0.25) is 0 Å². The highest BCUT2D eigenvalue weighted by Gasteiger charge is 2.21. The summed E-state index contributed by atoms with van der Waals surface area (Å²) in [6, 6.07) is 11.3. The average molecular weight is 463 g/mol. The van der Waals surface area contributed by atoms with E-state index in [1.54, 1.807) is 29.2 Å². The van der Waals surface area contributed by atoms with E-state index in [0.29, 0.717) is 30.9 Å². The summed E-state index contributed by atoms with van der Waals surface area (Å²) >= 11 is 0. The molecule has 172 valence electrons. The third kappa shape index (κ3) is 6.04. The first-order valence-electron chi connectivity index (χ1n) is 10.4. The minimum absolute atomic E-state index is 0.00600. The molecular formula is C22H27FN4O4S. The van der Waals surface area contributed by atoms with Gasteiger partial charge in [0.1, 0.15) is 5.82 Å². The molecule has 0 radical (unpaired) electrons. The van der Waals surface area contributed by atoms with E-state index in [2.05, 4.69) is 10.6 Å². The molecule has 0 aromatic heterocycles. The van der Waals surface area contributed by atoms with Gasteiger partial charge in [0.2, 0.25) is 15.9 Å². The first-order valence-corrected chi connectivity index (χ1v) is 11.9. The Hall–Kier alpha value is -2.98. The lowest BCUT2D eigenvalue weighted by Gasteiger charge is -2.19. The quantitative estimate of drug-likeness (QED) is 0.627. The minimum Gasteiger partial charge on any atom is -0.325 e. The molecule has 10 heteroatoms. The van der Waals surface area contributed by atoms with Gasteiger partial charge in [0, 0.05) is 33.1 Å². The summed E-state index contributed by atoms with van der Waals surface area (Å²) in [6.07, 6.45) is 2.36. The van der Waals surface area contributed by atoms with Gasteiger partial charge in [-0.1, -0.05) is 12.1 Å². The van der Waals surface area contributed by atoms with Gasteiger partial charge in [-0.2, -0.15) is 0 Å². The summed E-state index contributed by atoms with van der Waals surface area (Å²) in [7, 11) is -2.34. The predicted molar refractivity (Wildman–Crippen MR) is 120 cm³/mol. The van der Waals surface area contributed by atoms with Crippen LogP contribution in [0, 0.1) is 5.82 Å². The monoisotopic (exact) mass is 462 g/mol. The van der Waals surface area contributed by atoms with E-state index in [1.165, 1.54) is 19.2 Å². The summed E-state index contributed by atoms with van der Waals surface area (Å²) in [5.74, 6) is -0.805. The van der Waals surface area contributed by atoms with E-state index in [9.17, 15) is 22.4 Å². The van der Waals surface area contributed by atoms with Crippen molar-refractivity contribution < 1.29 is 22.4 Å². The molecule has 2 aromatic carbocycles. The minimum atomic E-state index is -3.76. The van der Waals surface area contributed by atoms with Crippen molar-refractivity contribution in [3.8, 4) is 0 Å². The van der Waals surface area contributed by atoms with Crippen LogP contribution >= 0.6 is 0 Å². The number of amides is 3. The molecule has 2 aromatic rings. The molecule has 0 unspecified atom stereocenters. The molecule has 32 heavy (non-hydrogen) atoms. The molecule has 1 saturated heterocycles. The van der Waals surface area contributed by atoms with Crippen molar-refractivity contribution in [2.24, 2.45) is 0 Å². The number of carbonyl (C=O) groups is 2. The Morgan fingerprint density at radius 3 is 2.22 bits per heavy atom. The normalized spacial score (nSPS) is 13.9. The van der Waals surface area contributed by atoms with Gasteiger partial charge in [0.05, 0.1) is 16.3 Å². The summed E-state index contributed by atoms with van der Waals surface area (Å²) in [4.78, 5) is 26.5. The molecule has 0 atom stereocenters. The van der Waals surface area contributed by atoms with Crippen LogP contribution in [0.4, 0.5) is 20.6 Å². The number of para-hydroxylation sites is 2. The molecule has 0 spiro atoms. The summed E-state index contributed by atoms with van der Waals surface area (Å²) in [6.45, 7) is 1.56. The van der Waals surface area contributed by atoms with Gasteiger partial charge in [-0.05, 0) is 55.7 Å². The number of benzene rings is 2. The highest BCUT2D eigenvalue weighted by atomic mass is 32.2. The van der Waals surface area contributed by atoms with Crippen LogP contribution in [-0.2, 0) is 14.8 Å². The number of nitrogens with one attached hydrogen (secondary N) is 2. The van der Waals surface area contributed by atoms with Crippen LogP contribution in [-0.4, -0.2) is 56.2 Å². The molecule has 1 aliphatic heterocycles. The van der Waals surface area contributed by atoms with Crippen LogP contribution in [0.25, 0.3) is 0 Å². The zero-order chi connectivity index (χ0) is 23.1. The van der Waals surface area contributed by atoms with E-state index in [1.807, 2.05) is 0 Å². The Kier molecular flexibility index (Phi) is 7.81. The topological polar surface area (TPSA) is 98.8 Å². The number of halogens is 1. The molecule has 0 bridgehead atoms. The lowest BCUT2D eigenvalue weighted by molar-refractivity contribution is -0.116. The molecule has 3 amide bonds. The highest BCUT2D eigenvalue weighted by Crippen LogP contribution is 2.23. The number of likely N-dealkylation sites (tertiary alicyclic amines) is 1. The molecule has 8 nitrogen and oxygen atoms in total. The zero-order valence-corrected chi connectivity index (χ0v) is 18.7. The van der Waals surface area contributed by atoms with Gasteiger partial charge >= 0.3 is 6.03 Å². The largest absolute Gasteiger partial charge is 0.325 e. The fourth-order valence-electron chi connectivity index (χ4n) is 3.40. The number of carbonyl (C=O) groups excluding carboxylic acids is 2. The van der Waals surface area contributed by atoms with E-state index in [0.717, 1.165) is 29.3 Å². The van der Waals surface area contributed by atoms with Crippen LogP contribution in [0.5, 0.6) is 0 Å². The van der Waals surface area contributed by atoms with Crippen molar-refractivity contribution in [3.63, 3.8) is 0 Å². The number of nitrogens with zero attached hydrogens (tertiary/aromatic N) is 2. The zero-order valence-electron chi connectivity index (χ0n) is 17.9. The summed E-state index contributed by atoms with van der Waals surface area (Å²) in [5, 5.41) is 5.61. The van der Waals surface area contributed by atoms with Crippen LogP contribution < -0.4 is 10.6 Å². The van der Waals surface area contributed by atoms with Crippen LogP contribution in [0.3, 0.4) is 0 Å². The first kappa shape index (κ1) is 23.7. The first-order chi connectivity index (χ1) is 15.3. The highest BCUT2D eigenvalue weighted by molar-refractivity contribution is 7.89. The van der Waals surface area contributed by atoms with Crippen molar-refractivity contribution in [1.29, 1.82) is 0 Å². The molecule has 1 aliphatic rings. The van der Waals surface area contributed by atoms with Gasteiger partial charge < -0.3 is 15.5 Å². The summed E-state index contributed by atoms with van der Waals surface area (Å²) in [5.41, 5.74) is 0.992. The van der Waals surface area contributed by atoms with Crippen molar-refractivity contribution in [2.75, 3.05) is 37.3 Å². The second kappa shape index (κ2) is 10.6. The Balaban J connectivity index is 1.52. The van der Waals surface area contributed by atoms with Crippen molar-refractivity contribution in [1.82, 2.24) is 9.21 Å². The van der Waals surface area contributed by atoms with E-state index < -0.39 is 15.8 Å². The standard InChI is InChI=1S/C22H27FN4O4S/c1-26(32(30,31)18-12-10-17(23)11-13-18)14-6-9-21(28)24-19-7-2-3-8-20(19)25-22(29)27-15-4-5-16-27/h2-3,7-8,10-13H,4-6,9,14-16H2,1H3,(H,24,28)(H,25,29). The number of sulfonamides is 1. The lowest BCUT2D eigenvalue weighted by atomic mass is 10.2. The number of urea groups is 1. The third-order valence-corrected chi connectivity index (χ3v) is 7.11. The molecule has 1 heterocycles. The van der Waals surface area contributed by atoms with Gasteiger partial charge in [-0.15, -0.1) is 0 Å². The maximum absolute atomic E-state index is 13.0. The average Bonchev–Trinajstić information content (AvgIpc) is 3.30. The smallest absolute Gasteiger partial charge is 0.321 e.